The van der Waals surface area contributed by atoms with Gasteiger partial charge in [0.2, 0.25) is 0 Å². The lowest BCUT2D eigenvalue weighted by atomic mass is 9.75. The molecular weight excluding hydrogens is 250 g/mol. The summed E-state index contributed by atoms with van der Waals surface area (Å²) in [6.07, 6.45) is 2.82. The molecule has 2 aliphatic rings. The van der Waals surface area contributed by atoms with Gasteiger partial charge >= 0.3 is 0 Å². The summed E-state index contributed by atoms with van der Waals surface area (Å²) in [6, 6.07) is 0. The SMILES string of the molecule is CC1CC(C(C)(C)C)=CC2=C1C(=O)N(C(C)(C)C)C2=O. The summed E-state index contributed by atoms with van der Waals surface area (Å²) in [5.74, 6) is -0.118. The zero-order valence-corrected chi connectivity index (χ0v) is 13.6. The average molecular weight is 275 g/mol. The Kier molecular flexibility index (Phi) is 3.23. The third-order valence-electron chi connectivity index (χ3n) is 4.13. The standard InChI is InChI=1S/C17H25NO2/c1-10-8-11(16(2,3)4)9-12-13(10)15(20)18(14(12)19)17(5,6)7/h9-10H,8H2,1-7H3. The van der Waals surface area contributed by atoms with E-state index in [1.807, 2.05) is 33.8 Å². The van der Waals surface area contributed by atoms with Gasteiger partial charge in [0, 0.05) is 16.7 Å². The number of carbonyl (C=O) groups excluding carboxylic acids is 2. The molecule has 0 spiro atoms. The van der Waals surface area contributed by atoms with Crippen LogP contribution in [0.2, 0.25) is 0 Å². The topological polar surface area (TPSA) is 37.4 Å². The Morgan fingerprint density at radius 1 is 1.05 bits per heavy atom. The molecule has 0 radical (unpaired) electrons. The summed E-state index contributed by atoms with van der Waals surface area (Å²) in [5.41, 5.74) is 2.14. The van der Waals surface area contributed by atoms with Gasteiger partial charge in [-0.3, -0.25) is 14.5 Å². The van der Waals surface area contributed by atoms with Crippen LogP contribution in [0.3, 0.4) is 0 Å². The maximum atomic E-state index is 12.6. The Morgan fingerprint density at radius 3 is 2.05 bits per heavy atom. The lowest BCUT2D eigenvalue weighted by Gasteiger charge is -2.30. The second-order valence-electron chi connectivity index (χ2n) is 7.97. The van der Waals surface area contributed by atoms with E-state index in [9.17, 15) is 9.59 Å². The summed E-state index contributed by atoms with van der Waals surface area (Å²) in [6.45, 7) is 14.2. The molecule has 1 atom stereocenters. The minimum atomic E-state index is -0.471. The van der Waals surface area contributed by atoms with Crippen LogP contribution in [-0.2, 0) is 9.59 Å². The van der Waals surface area contributed by atoms with E-state index < -0.39 is 5.54 Å². The number of carbonyl (C=O) groups is 2. The van der Waals surface area contributed by atoms with E-state index in [0.29, 0.717) is 11.1 Å². The van der Waals surface area contributed by atoms with E-state index >= 15 is 0 Å². The van der Waals surface area contributed by atoms with E-state index in [-0.39, 0.29) is 23.1 Å². The van der Waals surface area contributed by atoms with Crippen LogP contribution in [0.4, 0.5) is 0 Å². The molecule has 1 aliphatic carbocycles. The highest BCUT2D eigenvalue weighted by Gasteiger charge is 2.46. The molecule has 0 aromatic heterocycles. The molecule has 0 aromatic rings. The highest BCUT2D eigenvalue weighted by atomic mass is 16.2. The van der Waals surface area contributed by atoms with Gasteiger partial charge in [0.05, 0.1) is 0 Å². The molecule has 1 heterocycles. The summed E-state index contributed by atoms with van der Waals surface area (Å²) in [5, 5.41) is 0. The molecule has 0 saturated carbocycles. The molecule has 2 amide bonds. The van der Waals surface area contributed by atoms with Crippen molar-refractivity contribution in [2.75, 3.05) is 0 Å². The third kappa shape index (κ3) is 2.23. The number of amides is 2. The second-order valence-corrected chi connectivity index (χ2v) is 7.97. The fourth-order valence-electron chi connectivity index (χ4n) is 2.98. The zero-order valence-electron chi connectivity index (χ0n) is 13.6. The van der Waals surface area contributed by atoms with E-state index in [1.54, 1.807) is 0 Å². The lowest BCUT2D eigenvalue weighted by Crippen LogP contribution is -2.46. The normalized spacial score (nSPS) is 24.2. The van der Waals surface area contributed by atoms with Gasteiger partial charge in [-0.25, -0.2) is 0 Å². The largest absolute Gasteiger partial charge is 0.269 e. The predicted molar refractivity (Wildman–Crippen MR) is 80.0 cm³/mol. The van der Waals surface area contributed by atoms with Crippen LogP contribution >= 0.6 is 0 Å². The van der Waals surface area contributed by atoms with Crippen molar-refractivity contribution in [2.45, 2.75) is 60.4 Å². The van der Waals surface area contributed by atoms with Crippen molar-refractivity contribution < 1.29 is 9.59 Å². The zero-order chi connectivity index (χ0) is 15.5. The smallest absolute Gasteiger partial charge is 0.261 e. The van der Waals surface area contributed by atoms with Crippen LogP contribution in [0, 0.1) is 11.3 Å². The van der Waals surface area contributed by atoms with Crippen molar-refractivity contribution >= 4 is 11.8 Å². The minimum absolute atomic E-state index is 0.0330. The number of hydrogen-bond donors (Lipinski definition) is 0. The van der Waals surface area contributed by atoms with Gasteiger partial charge < -0.3 is 0 Å². The maximum Gasteiger partial charge on any atom is 0.261 e. The quantitative estimate of drug-likeness (QED) is 0.635. The summed E-state index contributed by atoms with van der Waals surface area (Å²) < 4.78 is 0. The summed E-state index contributed by atoms with van der Waals surface area (Å²) >= 11 is 0. The van der Waals surface area contributed by atoms with Crippen molar-refractivity contribution in [3.63, 3.8) is 0 Å². The summed E-state index contributed by atoms with van der Waals surface area (Å²) in [7, 11) is 0. The summed E-state index contributed by atoms with van der Waals surface area (Å²) in [4.78, 5) is 26.6. The van der Waals surface area contributed by atoms with Gasteiger partial charge in [-0.05, 0) is 44.6 Å². The molecule has 110 valence electrons. The van der Waals surface area contributed by atoms with Crippen LogP contribution in [0.15, 0.2) is 22.8 Å². The van der Waals surface area contributed by atoms with E-state index in [1.165, 1.54) is 10.5 Å². The Labute approximate surface area is 121 Å². The van der Waals surface area contributed by atoms with Crippen LogP contribution in [0.1, 0.15) is 54.9 Å². The van der Waals surface area contributed by atoms with Crippen molar-refractivity contribution in [1.29, 1.82) is 0 Å². The first-order valence-corrected chi connectivity index (χ1v) is 7.28. The number of imide groups is 1. The molecule has 0 N–H and O–H groups in total. The van der Waals surface area contributed by atoms with Crippen molar-refractivity contribution in [2.24, 2.45) is 11.3 Å². The van der Waals surface area contributed by atoms with Gasteiger partial charge in [0.1, 0.15) is 0 Å². The van der Waals surface area contributed by atoms with Crippen molar-refractivity contribution in [3.05, 3.63) is 22.8 Å². The Balaban J connectivity index is 2.52. The average Bonchev–Trinajstić information content (AvgIpc) is 2.49. The number of rotatable bonds is 0. The van der Waals surface area contributed by atoms with Crippen LogP contribution < -0.4 is 0 Å². The van der Waals surface area contributed by atoms with Gasteiger partial charge in [0.25, 0.3) is 11.8 Å². The molecule has 0 bridgehead atoms. The van der Waals surface area contributed by atoms with Crippen LogP contribution in [-0.4, -0.2) is 22.3 Å². The number of nitrogens with zero attached hydrogens (tertiary/aromatic N) is 1. The monoisotopic (exact) mass is 275 g/mol. The highest BCUT2D eigenvalue weighted by molar-refractivity contribution is 6.21. The molecule has 2 rings (SSSR count). The molecule has 0 fully saturated rings. The molecule has 0 aromatic carbocycles. The molecule has 20 heavy (non-hydrogen) atoms. The molecule has 3 nitrogen and oxygen atoms in total. The van der Waals surface area contributed by atoms with E-state index in [4.69, 9.17) is 0 Å². The highest BCUT2D eigenvalue weighted by Crippen LogP contribution is 2.43. The van der Waals surface area contributed by atoms with Crippen LogP contribution in [0.5, 0.6) is 0 Å². The van der Waals surface area contributed by atoms with Crippen LogP contribution in [0.25, 0.3) is 0 Å². The van der Waals surface area contributed by atoms with Crippen molar-refractivity contribution in [1.82, 2.24) is 4.90 Å². The first-order chi connectivity index (χ1) is 8.94. The van der Waals surface area contributed by atoms with E-state index in [0.717, 1.165) is 6.42 Å². The molecule has 1 unspecified atom stereocenters. The van der Waals surface area contributed by atoms with Crippen molar-refractivity contribution in [3.8, 4) is 0 Å². The Morgan fingerprint density at radius 2 is 1.60 bits per heavy atom. The fraction of sp³-hybridized carbons (Fsp3) is 0.647. The maximum absolute atomic E-state index is 12.6. The minimum Gasteiger partial charge on any atom is -0.269 e. The molecule has 3 heteroatoms. The van der Waals surface area contributed by atoms with Gasteiger partial charge in [-0.1, -0.05) is 33.3 Å². The number of hydrogen-bond acceptors (Lipinski definition) is 2. The number of allylic oxidation sites excluding steroid dienone is 1. The molecule has 1 aliphatic heterocycles. The van der Waals surface area contributed by atoms with Gasteiger partial charge in [-0.15, -0.1) is 0 Å². The fourth-order valence-corrected chi connectivity index (χ4v) is 2.98. The lowest BCUT2D eigenvalue weighted by molar-refractivity contribution is -0.142. The first-order valence-electron chi connectivity index (χ1n) is 7.28. The first kappa shape index (κ1) is 15.0. The predicted octanol–water partition coefficient (Wildman–Crippen LogP) is 3.46. The second kappa shape index (κ2) is 4.31. The molecular formula is C17H25NO2. The Bertz CT molecular complexity index is 538. The third-order valence-corrected chi connectivity index (χ3v) is 4.13. The molecule has 0 saturated heterocycles. The van der Waals surface area contributed by atoms with Gasteiger partial charge in [-0.2, -0.15) is 0 Å². The Hall–Kier alpha value is -1.38. The van der Waals surface area contributed by atoms with E-state index in [2.05, 4.69) is 20.8 Å². The van der Waals surface area contributed by atoms with Gasteiger partial charge in [0.15, 0.2) is 0 Å².